The molecular formula is C31H29N5O4S. The van der Waals surface area contributed by atoms with Gasteiger partial charge in [0.05, 0.1) is 30.4 Å². The Balaban J connectivity index is 1.61. The van der Waals surface area contributed by atoms with Gasteiger partial charge in [0, 0.05) is 46.6 Å². The number of amides is 1. The SMILES string of the molecule is CCn1cc(Cc2ccc(C(=O)NCc3cscn3)cc2-c2ccc(OC)cc2C(=O)O)c2ccc(C(=N)N)cc21. The van der Waals surface area contributed by atoms with Crippen molar-refractivity contribution >= 4 is 40.0 Å². The van der Waals surface area contributed by atoms with Crippen LogP contribution in [0.3, 0.4) is 0 Å². The molecule has 0 saturated heterocycles. The fourth-order valence-corrected chi connectivity index (χ4v) is 5.48. The highest BCUT2D eigenvalue weighted by atomic mass is 32.1. The van der Waals surface area contributed by atoms with E-state index >= 15 is 0 Å². The summed E-state index contributed by atoms with van der Waals surface area (Å²) in [5.74, 6) is -0.945. The number of aromatic carboxylic acids is 1. The van der Waals surface area contributed by atoms with E-state index in [4.69, 9.17) is 15.9 Å². The zero-order chi connectivity index (χ0) is 29.1. The van der Waals surface area contributed by atoms with E-state index in [-0.39, 0.29) is 17.3 Å². The Kier molecular flexibility index (Phi) is 7.84. The van der Waals surface area contributed by atoms with E-state index in [0.29, 0.717) is 41.0 Å². The molecule has 0 spiro atoms. The summed E-state index contributed by atoms with van der Waals surface area (Å²) in [6, 6.07) is 16.0. The molecule has 0 unspecified atom stereocenters. The van der Waals surface area contributed by atoms with Crippen molar-refractivity contribution in [1.29, 1.82) is 5.41 Å². The van der Waals surface area contributed by atoms with Crippen molar-refractivity contribution in [2.75, 3.05) is 7.11 Å². The molecule has 5 N–H and O–H groups in total. The number of methoxy groups -OCH3 is 1. The van der Waals surface area contributed by atoms with Gasteiger partial charge in [0.2, 0.25) is 0 Å². The monoisotopic (exact) mass is 567 g/mol. The summed E-state index contributed by atoms with van der Waals surface area (Å²) in [5.41, 5.74) is 13.3. The molecule has 5 rings (SSSR count). The second kappa shape index (κ2) is 11.6. The van der Waals surface area contributed by atoms with Crippen LogP contribution in [0.1, 0.15) is 50.0 Å². The highest BCUT2D eigenvalue weighted by molar-refractivity contribution is 7.07. The van der Waals surface area contributed by atoms with Gasteiger partial charge >= 0.3 is 5.97 Å². The Morgan fingerprint density at radius 3 is 2.56 bits per heavy atom. The first-order valence-corrected chi connectivity index (χ1v) is 13.9. The third-order valence-corrected chi connectivity index (χ3v) is 7.67. The van der Waals surface area contributed by atoms with Crippen molar-refractivity contribution in [2.45, 2.75) is 26.4 Å². The van der Waals surface area contributed by atoms with Crippen molar-refractivity contribution in [2.24, 2.45) is 5.73 Å². The minimum Gasteiger partial charge on any atom is -0.497 e. The Bertz CT molecular complexity index is 1780. The van der Waals surface area contributed by atoms with Gasteiger partial charge in [-0.3, -0.25) is 10.2 Å². The van der Waals surface area contributed by atoms with Crippen LogP contribution in [-0.4, -0.2) is 39.5 Å². The first-order valence-electron chi connectivity index (χ1n) is 12.9. The van der Waals surface area contributed by atoms with Crippen molar-refractivity contribution < 1.29 is 19.4 Å². The third kappa shape index (κ3) is 5.68. The van der Waals surface area contributed by atoms with Gasteiger partial charge < -0.3 is 25.5 Å². The minimum absolute atomic E-state index is 0.00365. The van der Waals surface area contributed by atoms with Crippen LogP contribution in [0, 0.1) is 5.41 Å². The molecule has 41 heavy (non-hydrogen) atoms. The van der Waals surface area contributed by atoms with E-state index in [1.165, 1.54) is 24.5 Å². The van der Waals surface area contributed by atoms with Crippen molar-refractivity contribution in [3.8, 4) is 16.9 Å². The number of carbonyl (C=O) groups is 2. The molecule has 0 bridgehead atoms. The molecule has 0 fully saturated rings. The first-order chi connectivity index (χ1) is 19.8. The molecule has 0 aliphatic carbocycles. The predicted molar refractivity (Wildman–Crippen MR) is 160 cm³/mol. The summed E-state index contributed by atoms with van der Waals surface area (Å²) in [5, 5.41) is 23.7. The standard InChI is InChI=1S/C31H29N5O4S/c1-3-36-15-21(24-8-6-19(29(32)33)12-28(24)36)10-18-4-5-20(30(37)34-14-22-16-41-17-35-22)11-26(18)25-9-7-23(40-2)13-27(25)31(38)39/h4-9,11-13,15-17H,3,10,14H2,1-2H3,(H3,32,33)(H,34,37)(H,38,39). The number of carbonyl (C=O) groups excluding carboxylic acids is 1. The average molecular weight is 568 g/mol. The van der Waals surface area contributed by atoms with Crippen LogP contribution >= 0.6 is 11.3 Å². The number of hydrogen-bond donors (Lipinski definition) is 4. The van der Waals surface area contributed by atoms with Gasteiger partial charge in [-0.2, -0.15) is 0 Å². The van der Waals surface area contributed by atoms with Crippen LogP contribution in [0.5, 0.6) is 5.75 Å². The number of amidine groups is 1. The van der Waals surface area contributed by atoms with Crippen LogP contribution < -0.4 is 15.8 Å². The zero-order valence-electron chi connectivity index (χ0n) is 22.6. The number of ether oxygens (including phenoxy) is 1. The number of aryl methyl sites for hydroxylation is 1. The van der Waals surface area contributed by atoms with E-state index in [0.717, 1.165) is 34.3 Å². The average Bonchev–Trinajstić information content (AvgIpc) is 3.63. The number of nitrogens with zero attached hydrogens (tertiary/aromatic N) is 2. The highest BCUT2D eigenvalue weighted by Crippen LogP contribution is 2.34. The van der Waals surface area contributed by atoms with E-state index in [1.54, 1.807) is 29.8 Å². The lowest BCUT2D eigenvalue weighted by Crippen LogP contribution is -2.23. The Morgan fingerprint density at radius 1 is 1.07 bits per heavy atom. The number of hydrogen-bond acceptors (Lipinski definition) is 6. The maximum atomic E-state index is 13.1. The number of nitrogens with one attached hydrogen (secondary N) is 2. The van der Waals surface area contributed by atoms with Gasteiger partial charge in [-0.1, -0.05) is 18.2 Å². The molecule has 0 aliphatic rings. The molecule has 0 saturated carbocycles. The van der Waals surface area contributed by atoms with Crippen LogP contribution in [0.25, 0.3) is 22.0 Å². The molecule has 3 aromatic carbocycles. The van der Waals surface area contributed by atoms with Crippen LogP contribution in [0.2, 0.25) is 0 Å². The summed E-state index contributed by atoms with van der Waals surface area (Å²) in [4.78, 5) is 29.6. The van der Waals surface area contributed by atoms with E-state index in [9.17, 15) is 14.7 Å². The number of nitrogens with two attached hydrogens (primary N) is 1. The van der Waals surface area contributed by atoms with Crippen molar-refractivity contribution in [3.05, 3.63) is 105 Å². The quantitative estimate of drug-likeness (QED) is 0.133. The Morgan fingerprint density at radius 2 is 1.88 bits per heavy atom. The molecule has 10 heteroatoms. The number of thiazole rings is 1. The third-order valence-electron chi connectivity index (χ3n) is 7.03. The number of aromatic nitrogens is 2. The van der Waals surface area contributed by atoms with Crippen molar-refractivity contribution in [3.63, 3.8) is 0 Å². The summed E-state index contributed by atoms with van der Waals surface area (Å²) in [6.45, 7) is 3.07. The summed E-state index contributed by atoms with van der Waals surface area (Å²) in [6.07, 6.45) is 2.56. The summed E-state index contributed by atoms with van der Waals surface area (Å²) < 4.78 is 7.39. The zero-order valence-corrected chi connectivity index (χ0v) is 23.4. The molecule has 9 nitrogen and oxygen atoms in total. The molecule has 208 valence electrons. The number of fused-ring (bicyclic) bond motifs is 1. The van der Waals surface area contributed by atoms with Gasteiger partial charge in [-0.15, -0.1) is 11.3 Å². The molecule has 0 radical (unpaired) electrons. The van der Waals surface area contributed by atoms with E-state index < -0.39 is 5.97 Å². The smallest absolute Gasteiger partial charge is 0.336 e. The van der Waals surface area contributed by atoms with Gasteiger partial charge in [0.25, 0.3) is 5.91 Å². The fraction of sp³-hybridized carbons (Fsp3) is 0.161. The van der Waals surface area contributed by atoms with Crippen LogP contribution in [0.4, 0.5) is 0 Å². The van der Waals surface area contributed by atoms with Crippen LogP contribution in [0.15, 0.2) is 71.7 Å². The predicted octanol–water partition coefficient (Wildman–Crippen LogP) is 5.30. The number of nitrogen functional groups attached to an aromatic ring is 1. The number of benzene rings is 3. The minimum atomic E-state index is -1.09. The number of carboxylic acid groups (broad SMARTS) is 1. The topological polar surface area (TPSA) is 143 Å². The first kappa shape index (κ1) is 27.6. The normalized spacial score (nSPS) is 11.0. The molecular weight excluding hydrogens is 538 g/mol. The van der Waals surface area contributed by atoms with Gasteiger partial charge in [0.1, 0.15) is 11.6 Å². The Hall–Kier alpha value is -4.96. The number of rotatable bonds is 10. The second-order valence-corrected chi connectivity index (χ2v) is 10.2. The van der Waals surface area contributed by atoms with Gasteiger partial charge in [-0.05, 0) is 65.6 Å². The maximum absolute atomic E-state index is 13.1. The van der Waals surface area contributed by atoms with E-state index in [2.05, 4.69) is 21.1 Å². The lowest BCUT2D eigenvalue weighted by molar-refractivity contribution is 0.0697. The molecule has 0 aliphatic heterocycles. The Labute approximate surface area is 240 Å². The van der Waals surface area contributed by atoms with Gasteiger partial charge in [-0.25, -0.2) is 9.78 Å². The summed E-state index contributed by atoms with van der Waals surface area (Å²) >= 11 is 1.46. The van der Waals surface area contributed by atoms with E-state index in [1.807, 2.05) is 36.6 Å². The van der Waals surface area contributed by atoms with Crippen LogP contribution in [-0.2, 0) is 19.5 Å². The summed E-state index contributed by atoms with van der Waals surface area (Å²) in [7, 11) is 1.49. The molecule has 1 amide bonds. The molecule has 0 atom stereocenters. The second-order valence-electron chi connectivity index (χ2n) is 9.51. The molecule has 5 aromatic rings. The van der Waals surface area contributed by atoms with Crippen molar-refractivity contribution in [1.82, 2.24) is 14.9 Å². The molecule has 2 aromatic heterocycles. The fourth-order valence-electron chi connectivity index (χ4n) is 4.93. The molecule has 2 heterocycles. The maximum Gasteiger partial charge on any atom is 0.336 e. The lowest BCUT2D eigenvalue weighted by atomic mass is 9.90. The highest BCUT2D eigenvalue weighted by Gasteiger charge is 2.20. The van der Waals surface area contributed by atoms with Gasteiger partial charge in [0.15, 0.2) is 0 Å². The number of carboxylic acids is 1. The lowest BCUT2D eigenvalue weighted by Gasteiger charge is -2.15. The largest absolute Gasteiger partial charge is 0.497 e.